The van der Waals surface area contributed by atoms with Crippen LogP contribution in [-0.4, -0.2) is 20.7 Å². The second-order valence-electron chi connectivity index (χ2n) is 6.63. The van der Waals surface area contributed by atoms with Crippen molar-refractivity contribution in [2.75, 3.05) is 0 Å². The van der Waals surface area contributed by atoms with Gasteiger partial charge in [0.25, 0.3) is 5.91 Å². The fraction of sp³-hybridized carbons (Fsp3) is 0.182. The minimum Gasteiger partial charge on any atom is -0.321 e. The summed E-state index contributed by atoms with van der Waals surface area (Å²) < 4.78 is 2.24. The maximum absolute atomic E-state index is 11.2. The summed E-state index contributed by atoms with van der Waals surface area (Å²) in [4.78, 5) is 16.1. The Balaban J connectivity index is 2.11. The van der Waals surface area contributed by atoms with Crippen LogP contribution in [-0.2, 0) is 4.79 Å². The number of nitrogens with one attached hydrogen (secondary N) is 1. The lowest BCUT2D eigenvalue weighted by Crippen LogP contribution is -2.14. The molecule has 0 aliphatic carbocycles. The lowest BCUT2D eigenvalue weighted by Gasteiger charge is -2.17. The first kappa shape index (κ1) is 18.6. The quantitative estimate of drug-likeness (QED) is 0.396. The van der Waals surface area contributed by atoms with Crippen LogP contribution >= 0.6 is 0 Å². The van der Waals surface area contributed by atoms with Gasteiger partial charge >= 0.3 is 0 Å². The van der Waals surface area contributed by atoms with Crippen molar-refractivity contribution in [1.82, 2.24) is 15.0 Å². The molecular weight excluding hydrogens is 338 g/mol. The summed E-state index contributed by atoms with van der Waals surface area (Å²) in [6.07, 6.45) is 2.96. The van der Waals surface area contributed by atoms with E-state index in [1.807, 2.05) is 49.4 Å². The zero-order chi connectivity index (χ0) is 19.4. The van der Waals surface area contributed by atoms with Crippen LogP contribution in [0, 0.1) is 6.92 Å². The van der Waals surface area contributed by atoms with Crippen LogP contribution in [0.25, 0.3) is 28.7 Å². The molecule has 0 bridgehead atoms. The highest BCUT2D eigenvalue weighted by Crippen LogP contribution is 2.33. The van der Waals surface area contributed by atoms with Crippen LogP contribution in [0.3, 0.4) is 0 Å². The number of hydroxylamine groups is 1. The van der Waals surface area contributed by atoms with E-state index >= 15 is 0 Å². The molecule has 3 rings (SSSR count). The van der Waals surface area contributed by atoms with E-state index in [0.29, 0.717) is 0 Å². The minimum absolute atomic E-state index is 0.232. The number of hydrogen-bond acceptors (Lipinski definition) is 3. The molecule has 0 radical (unpaired) electrons. The molecule has 0 saturated heterocycles. The molecule has 0 aliphatic heterocycles. The summed E-state index contributed by atoms with van der Waals surface area (Å²) >= 11 is 0. The summed E-state index contributed by atoms with van der Waals surface area (Å²) in [5.74, 6) is 0.383. The smallest absolute Gasteiger partial charge is 0.267 e. The normalized spacial score (nSPS) is 11.3. The molecule has 1 aromatic heterocycles. The molecule has 0 atom stereocenters. The number of nitrogens with zero attached hydrogens (tertiary/aromatic N) is 2. The fourth-order valence-corrected chi connectivity index (χ4v) is 3.19. The number of rotatable bonds is 5. The lowest BCUT2D eigenvalue weighted by molar-refractivity contribution is -0.124. The third-order valence-corrected chi connectivity index (χ3v) is 4.33. The molecule has 2 N–H and O–H groups in total. The van der Waals surface area contributed by atoms with Gasteiger partial charge in [-0.05, 0) is 38.5 Å². The van der Waals surface area contributed by atoms with E-state index < -0.39 is 5.91 Å². The maximum Gasteiger partial charge on any atom is 0.267 e. The van der Waals surface area contributed by atoms with Crippen LogP contribution in [0.4, 0.5) is 0 Å². The topological polar surface area (TPSA) is 67.2 Å². The molecule has 0 fully saturated rings. The highest BCUT2D eigenvalue weighted by atomic mass is 16.5. The molecule has 3 aromatic rings. The number of aromatic nitrogens is 2. The van der Waals surface area contributed by atoms with E-state index in [4.69, 9.17) is 10.2 Å². The van der Waals surface area contributed by atoms with Crippen LogP contribution in [0.5, 0.6) is 0 Å². The van der Waals surface area contributed by atoms with Crippen molar-refractivity contribution < 1.29 is 10.0 Å². The van der Waals surface area contributed by atoms with Gasteiger partial charge in [-0.25, -0.2) is 10.5 Å². The molecule has 138 valence electrons. The van der Waals surface area contributed by atoms with Gasteiger partial charge in [-0.3, -0.25) is 10.0 Å². The number of amides is 1. The SMILES string of the molecule is Cc1nc(-c2ccccc2)n(C(C)C)c1-c1cccc(/C=C/C(=O)NO)c1. The minimum atomic E-state index is -0.560. The van der Waals surface area contributed by atoms with Crippen LogP contribution < -0.4 is 5.48 Å². The van der Waals surface area contributed by atoms with Crippen LogP contribution in [0.1, 0.15) is 31.1 Å². The van der Waals surface area contributed by atoms with Crippen LogP contribution in [0.2, 0.25) is 0 Å². The Morgan fingerprint density at radius 2 is 1.81 bits per heavy atom. The second kappa shape index (κ2) is 8.01. The molecule has 5 heteroatoms. The standard InChI is InChI=1S/C22H23N3O2/c1-15(2)25-21(16(3)23-22(25)18-9-5-4-6-10-18)19-11-7-8-17(14-19)12-13-20(26)24-27/h4-15,27H,1-3H3,(H,24,26)/b13-12+. The third-order valence-electron chi connectivity index (χ3n) is 4.33. The van der Waals surface area contributed by atoms with E-state index in [1.165, 1.54) is 6.08 Å². The maximum atomic E-state index is 11.2. The summed E-state index contributed by atoms with van der Waals surface area (Å²) in [5, 5.41) is 8.63. The van der Waals surface area contributed by atoms with E-state index in [0.717, 1.165) is 33.9 Å². The Labute approximate surface area is 159 Å². The molecule has 0 spiro atoms. The summed E-state index contributed by atoms with van der Waals surface area (Å²) in [7, 11) is 0. The first-order chi connectivity index (χ1) is 13.0. The Kier molecular flexibility index (Phi) is 5.52. The molecule has 0 aliphatic rings. The number of aryl methyl sites for hydroxylation is 1. The molecule has 5 nitrogen and oxygen atoms in total. The van der Waals surface area contributed by atoms with Gasteiger partial charge in [0, 0.05) is 23.2 Å². The first-order valence-electron chi connectivity index (χ1n) is 8.88. The average molecular weight is 361 g/mol. The van der Waals surface area contributed by atoms with Gasteiger partial charge in [0.15, 0.2) is 0 Å². The van der Waals surface area contributed by atoms with Gasteiger partial charge in [0.2, 0.25) is 0 Å². The Hall–Kier alpha value is -3.18. The van der Waals surface area contributed by atoms with Crippen molar-refractivity contribution in [2.24, 2.45) is 0 Å². The monoisotopic (exact) mass is 361 g/mol. The van der Waals surface area contributed by atoms with Gasteiger partial charge in [-0.2, -0.15) is 0 Å². The first-order valence-corrected chi connectivity index (χ1v) is 8.88. The number of imidazole rings is 1. The summed E-state index contributed by atoms with van der Waals surface area (Å²) in [6, 6.07) is 18.3. The molecule has 0 unspecified atom stereocenters. The second-order valence-corrected chi connectivity index (χ2v) is 6.63. The lowest BCUT2D eigenvalue weighted by atomic mass is 10.1. The van der Waals surface area contributed by atoms with Gasteiger partial charge in [-0.1, -0.05) is 48.5 Å². The van der Waals surface area contributed by atoms with Crippen molar-refractivity contribution in [2.45, 2.75) is 26.8 Å². The third kappa shape index (κ3) is 3.99. The zero-order valence-corrected chi connectivity index (χ0v) is 15.7. The predicted octanol–water partition coefficient (Wildman–Crippen LogP) is 4.63. The number of carbonyl (C=O) groups excluding carboxylic acids is 1. The largest absolute Gasteiger partial charge is 0.321 e. The van der Waals surface area contributed by atoms with Crippen LogP contribution in [0.15, 0.2) is 60.7 Å². The Morgan fingerprint density at radius 1 is 1.11 bits per heavy atom. The number of carbonyl (C=O) groups is 1. The van der Waals surface area contributed by atoms with E-state index in [1.54, 1.807) is 11.6 Å². The Bertz CT molecular complexity index is 972. The van der Waals surface area contributed by atoms with Crippen molar-refractivity contribution in [3.8, 4) is 22.6 Å². The van der Waals surface area contributed by atoms with E-state index in [-0.39, 0.29) is 6.04 Å². The van der Waals surface area contributed by atoms with Crippen molar-refractivity contribution in [3.63, 3.8) is 0 Å². The van der Waals surface area contributed by atoms with Gasteiger partial charge in [0.1, 0.15) is 5.82 Å². The zero-order valence-electron chi connectivity index (χ0n) is 15.7. The average Bonchev–Trinajstić information content (AvgIpc) is 3.04. The van der Waals surface area contributed by atoms with E-state index in [9.17, 15) is 4.79 Å². The van der Waals surface area contributed by atoms with Gasteiger partial charge in [-0.15, -0.1) is 0 Å². The molecule has 2 aromatic carbocycles. The van der Waals surface area contributed by atoms with Gasteiger partial charge in [0.05, 0.1) is 11.4 Å². The number of hydrogen-bond donors (Lipinski definition) is 2. The van der Waals surface area contributed by atoms with Crippen molar-refractivity contribution in [1.29, 1.82) is 0 Å². The predicted molar refractivity (Wildman–Crippen MR) is 107 cm³/mol. The fourth-order valence-electron chi connectivity index (χ4n) is 3.19. The summed E-state index contributed by atoms with van der Waals surface area (Å²) in [6.45, 7) is 6.31. The molecule has 1 amide bonds. The van der Waals surface area contributed by atoms with Crippen molar-refractivity contribution in [3.05, 3.63) is 71.9 Å². The molecular formula is C22H23N3O2. The highest BCUT2D eigenvalue weighted by Gasteiger charge is 2.19. The Morgan fingerprint density at radius 3 is 2.48 bits per heavy atom. The molecule has 0 saturated carbocycles. The highest BCUT2D eigenvalue weighted by molar-refractivity contribution is 5.91. The van der Waals surface area contributed by atoms with Crippen molar-refractivity contribution >= 4 is 12.0 Å². The van der Waals surface area contributed by atoms with E-state index in [2.05, 4.69) is 30.5 Å². The molecule has 1 heterocycles. The van der Waals surface area contributed by atoms with Gasteiger partial charge < -0.3 is 4.57 Å². The molecule has 27 heavy (non-hydrogen) atoms. The number of benzene rings is 2. The summed E-state index contributed by atoms with van der Waals surface area (Å²) in [5.41, 5.74) is 6.59.